The first-order valence-corrected chi connectivity index (χ1v) is 13.6. The second-order valence-electron chi connectivity index (χ2n) is 11.5. The molecule has 0 saturated carbocycles. The van der Waals surface area contributed by atoms with Crippen LogP contribution in [0.25, 0.3) is 0 Å². The quantitative estimate of drug-likeness (QED) is 0.104. The Morgan fingerprint density at radius 1 is 0.878 bits per heavy atom. The monoisotopic (exact) mass is 601 g/mol. The van der Waals surface area contributed by atoms with Gasteiger partial charge in [-0.2, -0.15) is 0 Å². The number of nitrogens with one attached hydrogen (secondary N) is 1. The van der Waals surface area contributed by atoms with Crippen molar-refractivity contribution in [3.05, 3.63) is 0 Å². The van der Waals surface area contributed by atoms with Crippen LogP contribution in [-0.4, -0.2) is 162 Å². The van der Waals surface area contributed by atoms with E-state index in [0.29, 0.717) is 0 Å². The number of aliphatic hydroxyl groups excluding tert-OH is 7. The van der Waals surface area contributed by atoms with E-state index in [0.717, 1.165) is 0 Å². The van der Waals surface area contributed by atoms with Gasteiger partial charge in [-0.1, -0.05) is 6.92 Å². The highest BCUT2D eigenvalue weighted by atomic mass is 16.7. The van der Waals surface area contributed by atoms with Crippen molar-refractivity contribution in [2.45, 2.75) is 131 Å². The van der Waals surface area contributed by atoms with Gasteiger partial charge in [-0.05, 0) is 27.2 Å². The zero-order chi connectivity index (χ0) is 31.1. The summed E-state index contributed by atoms with van der Waals surface area (Å²) in [7, 11) is 0. The van der Waals surface area contributed by atoms with E-state index in [1.165, 1.54) is 20.8 Å². The van der Waals surface area contributed by atoms with Gasteiger partial charge in [0, 0.05) is 0 Å². The Labute approximate surface area is 237 Å². The minimum Gasteiger partial charge on any atom is -0.394 e. The van der Waals surface area contributed by atoms with Gasteiger partial charge in [-0.15, -0.1) is 0 Å². The van der Waals surface area contributed by atoms with Crippen LogP contribution in [-0.2, 0) is 23.7 Å². The van der Waals surface area contributed by atoms with E-state index < -0.39 is 116 Å². The molecule has 3 unspecified atom stereocenters. The second kappa shape index (κ2) is 13.1. The predicted octanol–water partition coefficient (Wildman–Crippen LogP) is -6.14. The molecule has 0 aliphatic carbocycles. The molecule has 0 aromatic heterocycles. The van der Waals surface area contributed by atoms with Crippen molar-refractivity contribution in [2.75, 3.05) is 19.8 Å². The standard InChI is InChI=1S/C24H47N3O14/c1-5-11(31)27-13-15(33)17(40-21-18(26)23(3,35)24(4,36)22(2,8-30)41-21)10(7-29)38-20(13)39-16-9(6-28)37-19(34)12(25)14(16)32/h9-21,27-36H,5-8,25-26H2,1-4H3/t9-,10-,11?,12-,13-,14-,15-,16?,17?,18+,19-,20+,21+,22-,23-,24-/m1/s1. The number of hydrogen-bond acceptors (Lipinski definition) is 17. The molecule has 0 radical (unpaired) electrons. The highest BCUT2D eigenvalue weighted by molar-refractivity contribution is 5.15. The zero-order valence-electron chi connectivity index (χ0n) is 23.6. The molecule has 3 saturated heterocycles. The largest absolute Gasteiger partial charge is 0.394 e. The number of rotatable bonds is 10. The third-order valence-corrected chi connectivity index (χ3v) is 8.76. The molecule has 0 bridgehead atoms. The van der Waals surface area contributed by atoms with E-state index in [4.69, 9.17) is 35.2 Å². The van der Waals surface area contributed by atoms with Crippen molar-refractivity contribution in [2.24, 2.45) is 11.5 Å². The van der Waals surface area contributed by atoms with Gasteiger partial charge in [0.2, 0.25) is 0 Å². The summed E-state index contributed by atoms with van der Waals surface area (Å²) in [5.41, 5.74) is 6.13. The van der Waals surface area contributed by atoms with Crippen LogP contribution in [0.4, 0.5) is 0 Å². The van der Waals surface area contributed by atoms with Crippen LogP contribution < -0.4 is 16.8 Å². The predicted molar refractivity (Wildman–Crippen MR) is 136 cm³/mol. The summed E-state index contributed by atoms with van der Waals surface area (Å²) < 4.78 is 28.8. The fraction of sp³-hybridized carbons (Fsp3) is 1.00. The highest BCUT2D eigenvalue weighted by Gasteiger charge is 2.65. The van der Waals surface area contributed by atoms with Gasteiger partial charge in [0.05, 0.1) is 37.9 Å². The van der Waals surface area contributed by atoms with Crippen molar-refractivity contribution in [1.29, 1.82) is 0 Å². The van der Waals surface area contributed by atoms with Crippen LogP contribution in [0, 0.1) is 0 Å². The van der Waals surface area contributed by atoms with Gasteiger partial charge in [0.25, 0.3) is 0 Å². The average Bonchev–Trinajstić information content (AvgIpc) is 2.93. The van der Waals surface area contributed by atoms with Crippen molar-refractivity contribution in [1.82, 2.24) is 5.32 Å². The second-order valence-corrected chi connectivity index (χ2v) is 11.5. The molecule has 0 spiro atoms. The third kappa shape index (κ3) is 6.29. The Balaban J connectivity index is 1.91. The van der Waals surface area contributed by atoms with E-state index in [-0.39, 0.29) is 6.42 Å². The van der Waals surface area contributed by atoms with Crippen molar-refractivity contribution >= 4 is 0 Å². The van der Waals surface area contributed by atoms with E-state index in [9.17, 15) is 46.0 Å². The van der Waals surface area contributed by atoms with Gasteiger partial charge >= 0.3 is 0 Å². The van der Waals surface area contributed by atoms with Crippen LogP contribution in [0.3, 0.4) is 0 Å². The molecule has 3 heterocycles. The molecule has 3 aliphatic rings. The number of nitrogens with two attached hydrogens (primary N) is 2. The number of aliphatic hydroxyl groups is 9. The van der Waals surface area contributed by atoms with Gasteiger partial charge < -0.3 is 81.1 Å². The number of hydrogen-bond donors (Lipinski definition) is 12. The summed E-state index contributed by atoms with van der Waals surface area (Å²) in [5.74, 6) is 0. The average molecular weight is 602 g/mol. The maximum Gasteiger partial charge on any atom is 0.177 e. The van der Waals surface area contributed by atoms with Crippen LogP contribution >= 0.6 is 0 Å². The molecule has 0 amide bonds. The Morgan fingerprint density at radius 2 is 1.41 bits per heavy atom. The van der Waals surface area contributed by atoms with E-state index in [1.807, 2.05) is 0 Å². The summed E-state index contributed by atoms with van der Waals surface area (Å²) in [6.07, 6.45) is -14.2. The lowest BCUT2D eigenvalue weighted by Gasteiger charge is -2.58. The summed E-state index contributed by atoms with van der Waals surface area (Å²) in [4.78, 5) is 0. The van der Waals surface area contributed by atoms with Gasteiger partial charge in [0.15, 0.2) is 18.9 Å². The van der Waals surface area contributed by atoms with E-state index in [2.05, 4.69) is 5.32 Å². The summed E-state index contributed by atoms with van der Waals surface area (Å²) >= 11 is 0. The van der Waals surface area contributed by atoms with Gasteiger partial charge in [-0.3, -0.25) is 5.32 Å². The summed E-state index contributed by atoms with van der Waals surface area (Å²) in [6, 6.07) is -4.04. The van der Waals surface area contributed by atoms with Gasteiger partial charge in [-0.25, -0.2) is 0 Å². The fourth-order valence-electron chi connectivity index (χ4n) is 5.32. The molecule has 14 N–H and O–H groups in total. The van der Waals surface area contributed by atoms with Crippen LogP contribution in [0.2, 0.25) is 0 Å². The summed E-state index contributed by atoms with van der Waals surface area (Å²) in [5, 5.41) is 97.2. The fourth-order valence-corrected chi connectivity index (χ4v) is 5.32. The smallest absolute Gasteiger partial charge is 0.177 e. The topological polar surface area (TPSA) is 292 Å². The Hall–Kier alpha value is -0.680. The molecule has 41 heavy (non-hydrogen) atoms. The Morgan fingerprint density at radius 3 is 1.95 bits per heavy atom. The van der Waals surface area contributed by atoms with Crippen LogP contribution in [0.5, 0.6) is 0 Å². The maximum atomic E-state index is 11.5. The lowest BCUT2D eigenvalue weighted by molar-refractivity contribution is -0.387. The third-order valence-electron chi connectivity index (χ3n) is 8.76. The first-order chi connectivity index (χ1) is 19.0. The molecule has 3 rings (SSSR count). The lowest BCUT2D eigenvalue weighted by atomic mass is 9.68. The Bertz CT molecular complexity index is 848. The van der Waals surface area contributed by atoms with Crippen LogP contribution in [0.15, 0.2) is 0 Å². The molecular weight excluding hydrogens is 554 g/mol. The summed E-state index contributed by atoms with van der Waals surface area (Å²) in [6.45, 7) is 3.30. The SMILES string of the molecule is CCC(O)N[C@H]1[C@H](OC2[C@@H](CO)O[C@@H](O)[C@H](N)[C@H]2O)O[C@H](CO)C(O[C@H]2O[C@](C)(CO)[C@@](C)(O)[C@](C)(O)[C@H]2N)[C@@H]1O. The molecule has 3 fully saturated rings. The van der Waals surface area contributed by atoms with Crippen molar-refractivity contribution in [3.8, 4) is 0 Å². The van der Waals surface area contributed by atoms with Crippen LogP contribution in [0.1, 0.15) is 34.1 Å². The lowest BCUT2D eigenvalue weighted by Crippen LogP contribution is -2.79. The molecular formula is C24H47N3O14. The van der Waals surface area contributed by atoms with Crippen molar-refractivity contribution < 1.29 is 69.6 Å². The zero-order valence-corrected chi connectivity index (χ0v) is 23.6. The maximum absolute atomic E-state index is 11.5. The molecule has 17 nitrogen and oxygen atoms in total. The molecule has 0 aromatic rings. The molecule has 242 valence electrons. The first kappa shape index (κ1) is 34.8. The number of ether oxygens (including phenoxy) is 5. The molecule has 17 heteroatoms. The first-order valence-electron chi connectivity index (χ1n) is 13.6. The molecule has 16 atom stereocenters. The Kier molecular flexibility index (Phi) is 11.1. The van der Waals surface area contributed by atoms with Gasteiger partial charge in [0.1, 0.15) is 59.7 Å². The normalized spacial score (nSPS) is 51.9. The molecule has 0 aromatic carbocycles. The minimum absolute atomic E-state index is 0.180. The van der Waals surface area contributed by atoms with E-state index >= 15 is 0 Å². The minimum atomic E-state index is -2.07. The molecule has 3 aliphatic heterocycles. The van der Waals surface area contributed by atoms with Crippen molar-refractivity contribution in [3.63, 3.8) is 0 Å². The highest BCUT2D eigenvalue weighted by Crippen LogP contribution is 2.44. The van der Waals surface area contributed by atoms with E-state index in [1.54, 1.807) is 6.92 Å².